The molecule has 1 aromatic carbocycles. The summed E-state index contributed by atoms with van der Waals surface area (Å²) in [4.78, 5) is 4.38. The van der Waals surface area contributed by atoms with Crippen LogP contribution in [0.2, 0.25) is 0 Å². The lowest BCUT2D eigenvalue weighted by Crippen LogP contribution is -2.05. The van der Waals surface area contributed by atoms with Crippen LogP contribution in [-0.4, -0.2) is 28.4 Å². The zero-order chi connectivity index (χ0) is 13.1. The van der Waals surface area contributed by atoms with Crippen LogP contribution in [0.15, 0.2) is 24.5 Å². The molecule has 0 fully saturated rings. The van der Waals surface area contributed by atoms with Crippen LogP contribution >= 0.6 is 0 Å². The number of imidazole rings is 1. The van der Waals surface area contributed by atoms with Crippen LogP contribution in [0.3, 0.4) is 0 Å². The smallest absolute Gasteiger partial charge is 0.139 e. The van der Waals surface area contributed by atoms with E-state index in [2.05, 4.69) is 9.55 Å². The number of aromatic hydroxyl groups is 1. The SMILES string of the molecule is COCCn1ccnc1-c1cc(C)c(O)c(C)c1. The molecule has 18 heavy (non-hydrogen) atoms. The Bertz CT molecular complexity index is 523. The lowest BCUT2D eigenvalue weighted by Gasteiger charge is -2.10. The van der Waals surface area contributed by atoms with Crippen molar-refractivity contribution in [3.63, 3.8) is 0 Å². The highest BCUT2D eigenvalue weighted by molar-refractivity contribution is 5.61. The molecule has 0 atom stereocenters. The fourth-order valence-corrected chi connectivity index (χ4v) is 2.02. The first-order valence-corrected chi connectivity index (χ1v) is 5.94. The Kier molecular flexibility index (Phi) is 3.67. The molecule has 1 N–H and O–H groups in total. The van der Waals surface area contributed by atoms with Gasteiger partial charge in [-0.2, -0.15) is 0 Å². The fraction of sp³-hybridized carbons (Fsp3) is 0.357. The summed E-state index contributed by atoms with van der Waals surface area (Å²) in [5.74, 6) is 1.26. The summed E-state index contributed by atoms with van der Waals surface area (Å²) in [6.07, 6.45) is 3.72. The molecular formula is C14H18N2O2. The van der Waals surface area contributed by atoms with Gasteiger partial charge in [0.15, 0.2) is 0 Å². The largest absolute Gasteiger partial charge is 0.507 e. The maximum Gasteiger partial charge on any atom is 0.139 e. The third-order valence-corrected chi connectivity index (χ3v) is 3.00. The van der Waals surface area contributed by atoms with Gasteiger partial charge in [-0.15, -0.1) is 0 Å². The highest BCUT2D eigenvalue weighted by Crippen LogP contribution is 2.28. The highest BCUT2D eigenvalue weighted by atomic mass is 16.5. The van der Waals surface area contributed by atoms with Gasteiger partial charge in [0.2, 0.25) is 0 Å². The van der Waals surface area contributed by atoms with Crippen LogP contribution in [0.25, 0.3) is 11.4 Å². The van der Waals surface area contributed by atoms with Crippen molar-refractivity contribution in [3.05, 3.63) is 35.7 Å². The summed E-state index contributed by atoms with van der Waals surface area (Å²) in [5, 5.41) is 9.79. The van der Waals surface area contributed by atoms with Gasteiger partial charge in [-0.1, -0.05) is 0 Å². The molecule has 2 aromatic rings. The topological polar surface area (TPSA) is 47.3 Å². The van der Waals surface area contributed by atoms with Crippen molar-refractivity contribution < 1.29 is 9.84 Å². The Balaban J connectivity index is 2.40. The van der Waals surface area contributed by atoms with Gasteiger partial charge in [-0.25, -0.2) is 4.98 Å². The predicted molar refractivity (Wildman–Crippen MR) is 70.7 cm³/mol. The first kappa shape index (κ1) is 12.6. The summed E-state index contributed by atoms with van der Waals surface area (Å²) in [6.45, 7) is 5.22. The number of rotatable bonds is 4. The van der Waals surface area contributed by atoms with Crippen molar-refractivity contribution in [1.29, 1.82) is 0 Å². The Hall–Kier alpha value is -1.81. The molecule has 0 unspecified atom stereocenters. The molecule has 0 saturated heterocycles. The van der Waals surface area contributed by atoms with Gasteiger partial charge in [0.05, 0.1) is 6.61 Å². The number of benzene rings is 1. The minimum atomic E-state index is 0.355. The Morgan fingerprint density at radius 3 is 2.56 bits per heavy atom. The fourth-order valence-electron chi connectivity index (χ4n) is 2.02. The van der Waals surface area contributed by atoms with Gasteiger partial charge in [-0.05, 0) is 37.1 Å². The number of methoxy groups -OCH3 is 1. The molecule has 1 heterocycles. The Labute approximate surface area is 107 Å². The van der Waals surface area contributed by atoms with Gasteiger partial charge >= 0.3 is 0 Å². The normalized spacial score (nSPS) is 10.8. The molecule has 1 aromatic heterocycles. The second-order valence-electron chi connectivity index (χ2n) is 4.40. The third-order valence-electron chi connectivity index (χ3n) is 3.00. The van der Waals surface area contributed by atoms with E-state index >= 15 is 0 Å². The quantitative estimate of drug-likeness (QED) is 0.901. The minimum Gasteiger partial charge on any atom is -0.507 e. The monoisotopic (exact) mass is 246 g/mol. The van der Waals surface area contributed by atoms with Crippen LogP contribution in [-0.2, 0) is 11.3 Å². The van der Waals surface area contributed by atoms with Gasteiger partial charge < -0.3 is 14.4 Å². The second-order valence-corrected chi connectivity index (χ2v) is 4.40. The number of phenols is 1. The maximum atomic E-state index is 9.79. The van der Waals surface area contributed by atoms with Crippen LogP contribution < -0.4 is 0 Å². The number of aryl methyl sites for hydroxylation is 2. The van der Waals surface area contributed by atoms with Gasteiger partial charge in [0.25, 0.3) is 0 Å². The van der Waals surface area contributed by atoms with Crippen LogP contribution in [0.1, 0.15) is 11.1 Å². The molecule has 0 aliphatic rings. The summed E-state index contributed by atoms with van der Waals surface area (Å²) >= 11 is 0. The zero-order valence-corrected chi connectivity index (χ0v) is 11.0. The molecule has 0 saturated carbocycles. The van der Waals surface area contributed by atoms with Gasteiger partial charge in [0, 0.05) is 31.6 Å². The van der Waals surface area contributed by atoms with E-state index in [4.69, 9.17) is 4.74 Å². The van der Waals surface area contributed by atoms with Crippen LogP contribution in [0.5, 0.6) is 5.75 Å². The first-order chi connectivity index (χ1) is 8.63. The number of aromatic nitrogens is 2. The molecule has 0 aliphatic carbocycles. The molecule has 96 valence electrons. The molecule has 4 heteroatoms. The van der Waals surface area contributed by atoms with Gasteiger partial charge in [0.1, 0.15) is 11.6 Å². The summed E-state index contributed by atoms with van der Waals surface area (Å²) in [6, 6.07) is 3.90. The molecule has 0 spiro atoms. The van der Waals surface area contributed by atoms with Crippen LogP contribution in [0, 0.1) is 13.8 Å². The van der Waals surface area contributed by atoms with E-state index in [9.17, 15) is 5.11 Å². The predicted octanol–water partition coefficient (Wildman–Crippen LogP) is 2.52. The highest BCUT2D eigenvalue weighted by Gasteiger charge is 2.09. The van der Waals surface area contributed by atoms with Crippen LogP contribution in [0.4, 0.5) is 0 Å². The lowest BCUT2D eigenvalue weighted by molar-refractivity contribution is 0.187. The van der Waals surface area contributed by atoms with E-state index in [1.54, 1.807) is 13.3 Å². The molecule has 0 radical (unpaired) electrons. The number of hydrogen-bond acceptors (Lipinski definition) is 3. The molecule has 0 amide bonds. The van der Waals surface area contributed by atoms with Crippen molar-refractivity contribution in [2.75, 3.05) is 13.7 Å². The van der Waals surface area contributed by atoms with E-state index in [1.165, 1.54) is 0 Å². The number of hydrogen-bond donors (Lipinski definition) is 1. The average Bonchev–Trinajstić information content (AvgIpc) is 2.81. The number of nitrogens with zero attached hydrogens (tertiary/aromatic N) is 2. The molecule has 2 rings (SSSR count). The van der Waals surface area contributed by atoms with E-state index in [-0.39, 0.29) is 0 Å². The van der Waals surface area contributed by atoms with Crippen molar-refractivity contribution in [2.24, 2.45) is 0 Å². The second kappa shape index (κ2) is 5.23. The summed E-state index contributed by atoms with van der Waals surface area (Å²) in [5.41, 5.74) is 2.75. The standard InChI is InChI=1S/C14H18N2O2/c1-10-8-12(9-11(2)13(10)17)14-15-4-5-16(14)6-7-18-3/h4-5,8-9,17H,6-7H2,1-3H3. The van der Waals surface area contributed by atoms with E-state index < -0.39 is 0 Å². The number of ether oxygens (including phenoxy) is 1. The molecule has 0 bridgehead atoms. The van der Waals surface area contributed by atoms with Gasteiger partial charge in [-0.3, -0.25) is 0 Å². The first-order valence-electron chi connectivity index (χ1n) is 5.94. The maximum absolute atomic E-state index is 9.79. The Morgan fingerprint density at radius 2 is 1.94 bits per heavy atom. The average molecular weight is 246 g/mol. The Morgan fingerprint density at radius 1 is 1.28 bits per heavy atom. The van der Waals surface area contributed by atoms with Crippen molar-refractivity contribution in [2.45, 2.75) is 20.4 Å². The van der Waals surface area contributed by atoms with Crippen molar-refractivity contribution in [3.8, 4) is 17.1 Å². The van der Waals surface area contributed by atoms with Crippen molar-refractivity contribution in [1.82, 2.24) is 9.55 Å². The molecule has 0 aliphatic heterocycles. The minimum absolute atomic E-state index is 0.355. The summed E-state index contributed by atoms with van der Waals surface area (Å²) < 4.78 is 7.13. The number of phenolic OH excluding ortho intramolecular Hbond substituents is 1. The van der Waals surface area contributed by atoms with E-state index in [1.807, 2.05) is 32.2 Å². The summed E-state index contributed by atoms with van der Waals surface area (Å²) in [7, 11) is 1.69. The zero-order valence-electron chi connectivity index (χ0n) is 11.0. The van der Waals surface area contributed by atoms with E-state index in [0.717, 1.165) is 29.1 Å². The van der Waals surface area contributed by atoms with Crippen molar-refractivity contribution >= 4 is 0 Å². The molecular weight excluding hydrogens is 228 g/mol. The lowest BCUT2D eigenvalue weighted by atomic mass is 10.1. The third kappa shape index (κ3) is 2.38. The van der Waals surface area contributed by atoms with E-state index in [0.29, 0.717) is 12.4 Å². The molecule has 4 nitrogen and oxygen atoms in total.